The van der Waals surface area contributed by atoms with Crippen LogP contribution in [0.3, 0.4) is 0 Å². The fraction of sp³-hybridized carbons (Fsp3) is 0.400. The number of hydrogen-bond acceptors (Lipinski definition) is 2. The molecule has 2 aromatic rings. The Kier molecular flexibility index (Phi) is 5.64. The van der Waals surface area contributed by atoms with Crippen molar-refractivity contribution in [1.82, 2.24) is 14.7 Å². The molecule has 0 radical (unpaired) electrons. The van der Waals surface area contributed by atoms with Gasteiger partial charge in [0.05, 0.1) is 6.20 Å². The molecule has 1 aromatic carbocycles. The van der Waals surface area contributed by atoms with Crippen LogP contribution >= 0.6 is 0 Å². The summed E-state index contributed by atoms with van der Waals surface area (Å²) in [7, 11) is 1.85. The topological polar surface area (TPSA) is 38.1 Å². The van der Waals surface area contributed by atoms with Crippen LogP contribution in [0.2, 0.25) is 0 Å². The summed E-state index contributed by atoms with van der Waals surface area (Å²) in [4.78, 5) is 14.8. The van der Waals surface area contributed by atoms with Crippen LogP contribution in [0.25, 0.3) is 6.08 Å². The number of carbonyl (C=O) groups is 1. The summed E-state index contributed by atoms with van der Waals surface area (Å²) >= 11 is 0. The van der Waals surface area contributed by atoms with Crippen molar-refractivity contribution < 1.29 is 9.18 Å². The molecule has 1 saturated carbocycles. The van der Waals surface area contributed by atoms with Gasteiger partial charge in [-0.15, -0.1) is 0 Å². The zero-order chi connectivity index (χ0) is 17.6. The minimum Gasteiger partial charge on any atom is -0.332 e. The van der Waals surface area contributed by atoms with E-state index in [1.54, 1.807) is 35.2 Å². The third kappa shape index (κ3) is 4.78. The van der Waals surface area contributed by atoms with Crippen LogP contribution in [0, 0.1) is 5.82 Å². The van der Waals surface area contributed by atoms with Gasteiger partial charge in [0.15, 0.2) is 0 Å². The van der Waals surface area contributed by atoms with Gasteiger partial charge in [0.2, 0.25) is 5.91 Å². The molecule has 0 aliphatic heterocycles. The van der Waals surface area contributed by atoms with Gasteiger partial charge in [-0.2, -0.15) is 5.10 Å². The highest BCUT2D eigenvalue weighted by molar-refractivity contribution is 5.91. The average Bonchev–Trinajstić information content (AvgIpc) is 3.05. The first kappa shape index (κ1) is 17.4. The predicted octanol–water partition coefficient (Wildman–Crippen LogP) is 3.93. The van der Waals surface area contributed by atoms with Crippen molar-refractivity contribution in [2.75, 3.05) is 0 Å². The van der Waals surface area contributed by atoms with Crippen molar-refractivity contribution >= 4 is 12.0 Å². The first-order valence-electron chi connectivity index (χ1n) is 8.83. The summed E-state index contributed by atoms with van der Waals surface area (Å²) in [6, 6.07) is 6.66. The molecule has 25 heavy (non-hydrogen) atoms. The second-order valence-corrected chi connectivity index (χ2v) is 6.67. The van der Waals surface area contributed by atoms with Gasteiger partial charge >= 0.3 is 0 Å². The SMILES string of the molecule is Cn1cc(/C=C/C(=O)N(Cc2ccc(F)cc2)C2CCCCC2)cn1. The Morgan fingerprint density at radius 1 is 1.28 bits per heavy atom. The number of hydrogen-bond donors (Lipinski definition) is 0. The molecule has 0 atom stereocenters. The molecule has 4 nitrogen and oxygen atoms in total. The Morgan fingerprint density at radius 2 is 2.00 bits per heavy atom. The number of halogens is 1. The van der Waals surface area contributed by atoms with E-state index >= 15 is 0 Å². The number of rotatable bonds is 5. The Bertz CT molecular complexity index is 730. The lowest BCUT2D eigenvalue weighted by Gasteiger charge is -2.34. The van der Waals surface area contributed by atoms with Gasteiger partial charge in [-0.25, -0.2) is 4.39 Å². The van der Waals surface area contributed by atoms with Crippen molar-refractivity contribution in [1.29, 1.82) is 0 Å². The van der Waals surface area contributed by atoms with Gasteiger partial charge in [0.25, 0.3) is 0 Å². The summed E-state index contributed by atoms with van der Waals surface area (Å²) in [5.74, 6) is -0.254. The third-order valence-electron chi connectivity index (χ3n) is 4.71. The van der Waals surface area contributed by atoms with E-state index in [1.165, 1.54) is 18.6 Å². The molecule has 1 aliphatic rings. The first-order chi connectivity index (χ1) is 12.1. The monoisotopic (exact) mass is 341 g/mol. The van der Waals surface area contributed by atoms with Crippen LogP contribution in [0.1, 0.15) is 43.2 Å². The van der Waals surface area contributed by atoms with Crippen molar-refractivity contribution in [3.63, 3.8) is 0 Å². The van der Waals surface area contributed by atoms with E-state index in [0.717, 1.165) is 36.8 Å². The maximum absolute atomic E-state index is 13.1. The van der Waals surface area contributed by atoms with Crippen molar-refractivity contribution in [3.8, 4) is 0 Å². The van der Waals surface area contributed by atoms with Crippen LogP contribution in [-0.4, -0.2) is 26.6 Å². The second kappa shape index (κ2) is 8.10. The Labute approximate surface area is 148 Å². The molecule has 1 amide bonds. The smallest absolute Gasteiger partial charge is 0.247 e. The van der Waals surface area contributed by atoms with Gasteiger partial charge in [0, 0.05) is 37.5 Å². The van der Waals surface area contributed by atoms with E-state index in [1.807, 2.05) is 18.1 Å². The minimum atomic E-state index is -0.254. The number of benzene rings is 1. The molecule has 5 heteroatoms. The fourth-order valence-corrected chi connectivity index (χ4v) is 3.36. The number of aromatic nitrogens is 2. The van der Waals surface area contributed by atoms with E-state index in [9.17, 15) is 9.18 Å². The van der Waals surface area contributed by atoms with Crippen molar-refractivity contribution in [2.45, 2.75) is 44.7 Å². The van der Waals surface area contributed by atoms with Gasteiger partial charge in [-0.3, -0.25) is 9.48 Å². The fourth-order valence-electron chi connectivity index (χ4n) is 3.36. The highest BCUT2D eigenvalue weighted by atomic mass is 19.1. The summed E-state index contributed by atoms with van der Waals surface area (Å²) in [5.41, 5.74) is 1.86. The normalized spacial score (nSPS) is 15.6. The summed E-state index contributed by atoms with van der Waals surface area (Å²) < 4.78 is 14.9. The molecule has 0 unspecified atom stereocenters. The van der Waals surface area contributed by atoms with Crippen LogP contribution in [-0.2, 0) is 18.4 Å². The van der Waals surface area contributed by atoms with Crippen LogP contribution < -0.4 is 0 Å². The Hall–Kier alpha value is -2.43. The van der Waals surface area contributed by atoms with Crippen LogP contribution in [0.15, 0.2) is 42.7 Å². The van der Waals surface area contributed by atoms with Crippen molar-refractivity contribution in [2.24, 2.45) is 7.05 Å². The molecule has 0 spiro atoms. The molecule has 0 N–H and O–H groups in total. The van der Waals surface area contributed by atoms with E-state index in [2.05, 4.69) is 5.10 Å². The van der Waals surface area contributed by atoms with Gasteiger partial charge in [-0.05, 0) is 36.6 Å². The lowest BCUT2D eigenvalue weighted by Crippen LogP contribution is -2.40. The lowest BCUT2D eigenvalue weighted by atomic mass is 9.93. The summed E-state index contributed by atoms with van der Waals surface area (Å²) in [5, 5.41) is 4.11. The molecular formula is C20H24FN3O. The molecule has 0 bridgehead atoms. The molecule has 1 heterocycles. The molecule has 0 saturated heterocycles. The maximum atomic E-state index is 13.1. The largest absolute Gasteiger partial charge is 0.332 e. The number of nitrogens with zero attached hydrogens (tertiary/aromatic N) is 3. The van der Waals surface area contributed by atoms with Gasteiger partial charge < -0.3 is 4.90 Å². The molecular weight excluding hydrogens is 317 g/mol. The number of carbonyl (C=O) groups excluding carboxylic acids is 1. The zero-order valence-electron chi connectivity index (χ0n) is 14.6. The summed E-state index contributed by atoms with van der Waals surface area (Å²) in [6.45, 7) is 0.515. The highest BCUT2D eigenvalue weighted by Crippen LogP contribution is 2.24. The average molecular weight is 341 g/mol. The van der Waals surface area contributed by atoms with Crippen molar-refractivity contribution in [3.05, 3.63) is 59.7 Å². The molecule has 1 fully saturated rings. The van der Waals surface area contributed by atoms with E-state index in [0.29, 0.717) is 6.54 Å². The number of aryl methyl sites for hydroxylation is 1. The zero-order valence-corrected chi connectivity index (χ0v) is 14.6. The molecule has 1 aliphatic carbocycles. The van der Waals surface area contributed by atoms with E-state index in [4.69, 9.17) is 0 Å². The molecule has 1 aromatic heterocycles. The minimum absolute atomic E-state index is 0.0000723. The van der Waals surface area contributed by atoms with E-state index < -0.39 is 0 Å². The summed E-state index contributed by atoms with van der Waals surface area (Å²) in [6.07, 6.45) is 12.6. The molecule has 132 valence electrons. The Balaban J connectivity index is 1.75. The van der Waals surface area contributed by atoms with Gasteiger partial charge in [0.1, 0.15) is 5.82 Å². The maximum Gasteiger partial charge on any atom is 0.247 e. The quantitative estimate of drug-likeness (QED) is 0.773. The third-order valence-corrected chi connectivity index (χ3v) is 4.71. The molecule has 3 rings (SSSR count). The van der Waals surface area contributed by atoms with Crippen LogP contribution in [0.5, 0.6) is 0 Å². The Morgan fingerprint density at radius 3 is 2.64 bits per heavy atom. The predicted molar refractivity (Wildman–Crippen MR) is 96.1 cm³/mol. The van der Waals surface area contributed by atoms with E-state index in [-0.39, 0.29) is 17.8 Å². The van der Waals surface area contributed by atoms with Gasteiger partial charge in [-0.1, -0.05) is 31.4 Å². The lowest BCUT2D eigenvalue weighted by molar-refractivity contribution is -0.129. The second-order valence-electron chi connectivity index (χ2n) is 6.67. The first-order valence-corrected chi connectivity index (χ1v) is 8.83. The highest BCUT2D eigenvalue weighted by Gasteiger charge is 2.24. The van der Waals surface area contributed by atoms with Crippen LogP contribution in [0.4, 0.5) is 4.39 Å². The standard InChI is InChI=1S/C20H24FN3O/c1-23-14-17(13-22-23)9-12-20(25)24(19-5-3-2-4-6-19)15-16-7-10-18(21)11-8-16/h7-14,19H,2-6,15H2,1H3/b12-9+. The number of amides is 1.